The summed E-state index contributed by atoms with van der Waals surface area (Å²) < 4.78 is 0. The van der Waals surface area contributed by atoms with Crippen molar-refractivity contribution in [2.75, 3.05) is 0 Å². The van der Waals surface area contributed by atoms with Gasteiger partial charge in [0.15, 0.2) is 5.78 Å². The van der Waals surface area contributed by atoms with Gasteiger partial charge in [0.1, 0.15) is 0 Å². The van der Waals surface area contributed by atoms with Crippen molar-refractivity contribution in [2.24, 2.45) is 5.92 Å². The molecule has 1 unspecified atom stereocenters. The number of benzene rings is 1. The molecule has 1 aliphatic rings. The summed E-state index contributed by atoms with van der Waals surface area (Å²) >= 11 is 0. The standard InChI is InChI=1S/C12H12O/c1-9-6-7-12(13)11-5-3-2-4-10(11)8-9/h2-7,9H,8H2,1H3. The van der Waals surface area contributed by atoms with Crippen LogP contribution in [0.1, 0.15) is 22.8 Å². The van der Waals surface area contributed by atoms with E-state index in [0.717, 1.165) is 12.0 Å². The maximum Gasteiger partial charge on any atom is 0.185 e. The molecule has 1 aliphatic carbocycles. The van der Waals surface area contributed by atoms with Crippen molar-refractivity contribution in [1.29, 1.82) is 0 Å². The Kier molecular flexibility index (Phi) is 2.01. The van der Waals surface area contributed by atoms with E-state index < -0.39 is 0 Å². The van der Waals surface area contributed by atoms with Crippen molar-refractivity contribution in [3.8, 4) is 0 Å². The van der Waals surface area contributed by atoms with Crippen molar-refractivity contribution < 1.29 is 4.79 Å². The van der Waals surface area contributed by atoms with E-state index in [4.69, 9.17) is 0 Å². The highest BCUT2D eigenvalue weighted by Gasteiger charge is 2.13. The lowest BCUT2D eigenvalue weighted by atomic mass is 9.99. The third kappa shape index (κ3) is 1.55. The third-order valence-corrected chi connectivity index (χ3v) is 2.40. The van der Waals surface area contributed by atoms with Crippen LogP contribution < -0.4 is 0 Å². The number of rotatable bonds is 0. The Morgan fingerprint density at radius 2 is 2.08 bits per heavy atom. The lowest BCUT2D eigenvalue weighted by Gasteiger charge is -2.05. The highest BCUT2D eigenvalue weighted by Crippen LogP contribution is 2.19. The van der Waals surface area contributed by atoms with E-state index >= 15 is 0 Å². The van der Waals surface area contributed by atoms with Gasteiger partial charge < -0.3 is 0 Å². The van der Waals surface area contributed by atoms with Crippen LogP contribution in [0.3, 0.4) is 0 Å². The molecule has 1 aromatic carbocycles. The summed E-state index contributed by atoms with van der Waals surface area (Å²) in [6, 6.07) is 7.85. The maximum absolute atomic E-state index is 11.6. The molecular weight excluding hydrogens is 160 g/mol. The number of fused-ring (bicyclic) bond motifs is 1. The van der Waals surface area contributed by atoms with Gasteiger partial charge in [0.05, 0.1) is 0 Å². The Bertz CT molecular complexity index is 363. The fraction of sp³-hybridized carbons (Fsp3) is 0.250. The molecule has 0 saturated heterocycles. The van der Waals surface area contributed by atoms with Crippen LogP contribution in [0.4, 0.5) is 0 Å². The average molecular weight is 172 g/mol. The first-order chi connectivity index (χ1) is 6.27. The van der Waals surface area contributed by atoms with Crippen molar-refractivity contribution >= 4 is 5.78 Å². The zero-order chi connectivity index (χ0) is 9.26. The van der Waals surface area contributed by atoms with E-state index in [2.05, 4.69) is 6.92 Å². The molecule has 0 saturated carbocycles. The van der Waals surface area contributed by atoms with E-state index in [9.17, 15) is 4.79 Å². The molecule has 0 aromatic heterocycles. The predicted molar refractivity (Wildman–Crippen MR) is 52.8 cm³/mol. The van der Waals surface area contributed by atoms with E-state index in [1.54, 1.807) is 6.08 Å². The van der Waals surface area contributed by atoms with E-state index in [0.29, 0.717) is 5.92 Å². The third-order valence-electron chi connectivity index (χ3n) is 2.40. The number of ketones is 1. The van der Waals surface area contributed by atoms with Gasteiger partial charge >= 0.3 is 0 Å². The quantitative estimate of drug-likeness (QED) is 0.588. The molecule has 66 valence electrons. The zero-order valence-electron chi connectivity index (χ0n) is 7.66. The van der Waals surface area contributed by atoms with Crippen LogP contribution in [0.25, 0.3) is 0 Å². The van der Waals surface area contributed by atoms with E-state index in [1.807, 2.05) is 30.3 Å². The van der Waals surface area contributed by atoms with Crippen LogP contribution in [-0.2, 0) is 6.42 Å². The average Bonchev–Trinajstić information content (AvgIpc) is 2.27. The minimum absolute atomic E-state index is 0.139. The van der Waals surface area contributed by atoms with Crippen LogP contribution in [0.2, 0.25) is 0 Å². The topological polar surface area (TPSA) is 17.1 Å². The summed E-state index contributed by atoms with van der Waals surface area (Å²) in [6.45, 7) is 2.13. The van der Waals surface area contributed by atoms with Crippen LogP contribution >= 0.6 is 0 Å². The Hall–Kier alpha value is -1.37. The smallest absolute Gasteiger partial charge is 0.185 e. The molecule has 1 nitrogen and oxygen atoms in total. The fourth-order valence-electron chi connectivity index (χ4n) is 1.70. The van der Waals surface area contributed by atoms with Crippen LogP contribution in [0.15, 0.2) is 36.4 Å². The molecule has 0 heterocycles. The second-order valence-corrected chi connectivity index (χ2v) is 3.56. The summed E-state index contributed by atoms with van der Waals surface area (Å²) in [5.41, 5.74) is 2.04. The van der Waals surface area contributed by atoms with Crippen molar-refractivity contribution in [3.63, 3.8) is 0 Å². The highest BCUT2D eigenvalue weighted by atomic mass is 16.1. The Balaban J connectivity index is 2.51. The molecule has 0 spiro atoms. The SMILES string of the molecule is CC1C=CC(=O)c2ccccc2C1. The van der Waals surface area contributed by atoms with Crippen LogP contribution in [0.5, 0.6) is 0 Å². The van der Waals surface area contributed by atoms with Gasteiger partial charge in [-0.2, -0.15) is 0 Å². The predicted octanol–water partition coefficient (Wildman–Crippen LogP) is 2.62. The molecule has 0 radical (unpaired) electrons. The number of allylic oxidation sites excluding steroid dienone is 2. The molecule has 0 fully saturated rings. The Morgan fingerprint density at radius 3 is 2.92 bits per heavy atom. The summed E-state index contributed by atoms with van der Waals surface area (Å²) in [5.74, 6) is 0.604. The molecule has 2 rings (SSSR count). The van der Waals surface area contributed by atoms with Gasteiger partial charge in [0.2, 0.25) is 0 Å². The van der Waals surface area contributed by atoms with E-state index in [-0.39, 0.29) is 5.78 Å². The molecule has 0 aliphatic heterocycles. The second kappa shape index (κ2) is 3.17. The number of carbonyl (C=O) groups is 1. The molecule has 1 heteroatoms. The highest BCUT2D eigenvalue weighted by molar-refractivity contribution is 6.05. The summed E-state index contributed by atoms with van der Waals surface area (Å²) in [4.78, 5) is 11.6. The number of hydrogen-bond donors (Lipinski definition) is 0. The zero-order valence-corrected chi connectivity index (χ0v) is 7.66. The lowest BCUT2D eigenvalue weighted by molar-refractivity contribution is 0.104. The number of carbonyl (C=O) groups excluding carboxylic acids is 1. The minimum Gasteiger partial charge on any atom is -0.289 e. The molecule has 0 bridgehead atoms. The van der Waals surface area contributed by atoms with Gasteiger partial charge in [-0.1, -0.05) is 37.3 Å². The number of hydrogen-bond acceptors (Lipinski definition) is 1. The monoisotopic (exact) mass is 172 g/mol. The van der Waals surface area contributed by atoms with Gasteiger partial charge in [-0.3, -0.25) is 4.79 Å². The van der Waals surface area contributed by atoms with Gasteiger partial charge in [-0.05, 0) is 24.0 Å². The maximum atomic E-state index is 11.6. The summed E-state index contributed by atoms with van der Waals surface area (Å²) in [5, 5.41) is 0. The van der Waals surface area contributed by atoms with Crippen molar-refractivity contribution in [2.45, 2.75) is 13.3 Å². The second-order valence-electron chi connectivity index (χ2n) is 3.56. The van der Waals surface area contributed by atoms with Crippen LogP contribution in [-0.4, -0.2) is 5.78 Å². The molecule has 1 atom stereocenters. The molecule has 0 N–H and O–H groups in total. The van der Waals surface area contributed by atoms with Gasteiger partial charge in [-0.15, -0.1) is 0 Å². The largest absolute Gasteiger partial charge is 0.289 e. The molecule has 1 aromatic rings. The molecule has 13 heavy (non-hydrogen) atoms. The van der Waals surface area contributed by atoms with Gasteiger partial charge in [-0.25, -0.2) is 0 Å². The van der Waals surface area contributed by atoms with Crippen LogP contribution in [0, 0.1) is 5.92 Å². The van der Waals surface area contributed by atoms with Crippen molar-refractivity contribution in [1.82, 2.24) is 0 Å². The van der Waals surface area contributed by atoms with E-state index in [1.165, 1.54) is 5.56 Å². The van der Waals surface area contributed by atoms with Gasteiger partial charge in [0, 0.05) is 5.56 Å². The first-order valence-corrected chi connectivity index (χ1v) is 4.58. The Labute approximate surface area is 78.1 Å². The molecule has 0 amide bonds. The van der Waals surface area contributed by atoms with Gasteiger partial charge in [0.25, 0.3) is 0 Å². The van der Waals surface area contributed by atoms with Crippen molar-refractivity contribution in [3.05, 3.63) is 47.5 Å². The summed E-state index contributed by atoms with van der Waals surface area (Å²) in [7, 11) is 0. The first-order valence-electron chi connectivity index (χ1n) is 4.58. The summed E-state index contributed by atoms with van der Waals surface area (Å²) in [6.07, 6.45) is 4.65. The molecular formula is C12H12O. The Morgan fingerprint density at radius 1 is 1.31 bits per heavy atom. The minimum atomic E-state index is 0.139. The first kappa shape index (κ1) is 8.24. The normalized spacial score (nSPS) is 21.0. The lowest BCUT2D eigenvalue weighted by Crippen LogP contribution is -1.99. The fourth-order valence-corrected chi connectivity index (χ4v) is 1.70.